The third-order valence-corrected chi connectivity index (χ3v) is 3.27. The summed E-state index contributed by atoms with van der Waals surface area (Å²) in [5.41, 5.74) is 2.73. The van der Waals surface area contributed by atoms with Gasteiger partial charge in [0.15, 0.2) is 0 Å². The minimum absolute atomic E-state index is 0.286. The van der Waals surface area contributed by atoms with E-state index in [9.17, 15) is 4.79 Å². The summed E-state index contributed by atoms with van der Waals surface area (Å²) in [5.74, 6) is -0.286. The molecule has 4 heteroatoms. The second-order valence-corrected chi connectivity index (χ2v) is 5.20. The molecule has 0 aliphatic carbocycles. The third kappa shape index (κ3) is 4.10. The SMILES string of the molecule is CCOC(=O)c1ccc(NCc2cccc(Br)c2)cc1. The molecule has 0 radical (unpaired) electrons. The summed E-state index contributed by atoms with van der Waals surface area (Å²) in [6.07, 6.45) is 0. The van der Waals surface area contributed by atoms with Crippen molar-refractivity contribution in [3.8, 4) is 0 Å². The fraction of sp³-hybridized carbons (Fsp3) is 0.188. The van der Waals surface area contributed by atoms with Gasteiger partial charge in [0.05, 0.1) is 12.2 Å². The van der Waals surface area contributed by atoms with Gasteiger partial charge in [-0.25, -0.2) is 4.79 Å². The van der Waals surface area contributed by atoms with Gasteiger partial charge in [-0.15, -0.1) is 0 Å². The van der Waals surface area contributed by atoms with E-state index in [4.69, 9.17) is 4.74 Å². The van der Waals surface area contributed by atoms with Crippen molar-refractivity contribution in [3.63, 3.8) is 0 Å². The van der Waals surface area contributed by atoms with Crippen LogP contribution in [0.1, 0.15) is 22.8 Å². The smallest absolute Gasteiger partial charge is 0.338 e. The Morgan fingerprint density at radius 1 is 1.20 bits per heavy atom. The van der Waals surface area contributed by atoms with Crippen LogP contribution >= 0.6 is 15.9 Å². The van der Waals surface area contributed by atoms with Crippen molar-refractivity contribution in [1.29, 1.82) is 0 Å². The molecule has 0 unspecified atom stereocenters. The molecule has 1 N–H and O–H groups in total. The number of nitrogens with one attached hydrogen (secondary N) is 1. The van der Waals surface area contributed by atoms with E-state index in [2.05, 4.69) is 33.4 Å². The first-order valence-electron chi connectivity index (χ1n) is 6.44. The molecule has 0 aromatic heterocycles. The van der Waals surface area contributed by atoms with Gasteiger partial charge in [0.25, 0.3) is 0 Å². The second kappa shape index (κ2) is 7.10. The topological polar surface area (TPSA) is 38.3 Å². The minimum atomic E-state index is -0.286. The monoisotopic (exact) mass is 333 g/mol. The Balaban J connectivity index is 1.95. The maximum absolute atomic E-state index is 11.5. The van der Waals surface area contributed by atoms with Crippen molar-refractivity contribution < 1.29 is 9.53 Å². The second-order valence-electron chi connectivity index (χ2n) is 4.28. The van der Waals surface area contributed by atoms with E-state index in [1.807, 2.05) is 24.3 Å². The molecule has 0 aliphatic heterocycles. The van der Waals surface area contributed by atoms with Gasteiger partial charge in [-0.2, -0.15) is 0 Å². The Morgan fingerprint density at radius 3 is 2.60 bits per heavy atom. The molecule has 0 aliphatic rings. The molecule has 0 bridgehead atoms. The van der Waals surface area contributed by atoms with E-state index < -0.39 is 0 Å². The van der Waals surface area contributed by atoms with Gasteiger partial charge in [-0.05, 0) is 48.9 Å². The first-order chi connectivity index (χ1) is 9.69. The van der Waals surface area contributed by atoms with Gasteiger partial charge in [-0.3, -0.25) is 0 Å². The Bertz CT molecular complexity index is 581. The van der Waals surface area contributed by atoms with Gasteiger partial charge >= 0.3 is 5.97 Å². The van der Waals surface area contributed by atoms with Crippen molar-refractivity contribution in [2.24, 2.45) is 0 Å². The zero-order valence-corrected chi connectivity index (χ0v) is 12.8. The average Bonchev–Trinajstić information content (AvgIpc) is 2.46. The van der Waals surface area contributed by atoms with E-state index in [0.717, 1.165) is 16.7 Å². The highest BCUT2D eigenvalue weighted by atomic mass is 79.9. The number of hydrogen-bond acceptors (Lipinski definition) is 3. The predicted octanol–water partition coefficient (Wildman–Crippen LogP) is 4.24. The average molecular weight is 334 g/mol. The summed E-state index contributed by atoms with van der Waals surface area (Å²) in [5, 5.41) is 3.31. The quantitative estimate of drug-likeness (QED) is 0.832. The molecule has 20 heavy (non-hydrogen) atoms. The first-order valence-corrected chi connectivity index (χ1v) is 7.24. The number of hydrogen-bond donors (Lipinski definition) is 1. The van der Waals surface area contributed by atoms with Gasteiger partial charge in [0.1, 0.15) is 0 Å². The zero-order valence-electron chi connectivity index (χ0n) is 11.2. The number of esters is 1. The highest BCUT2D eigenvalue weighted by Gasteiger charge is 2.05. The summed E-state index contributed by atoms with van der Waals surface area (Å²) in [6.45, 7) is 2.92. The predicted molar refractivity (Wildman–Crippen MR) is 83.9 cm³/mol. The molecule has 0 amide bonds. The molecule has 0 heterocycles. The summed E-state index contributed by atoms with van der Waals surface area (Å²) in [7, 11) is 0. The number of benzene rings is 2. The highest BCUT2D eigenvalue weighted by molar-refractivity contribution is 9.10. The van der Waals surface area contributed by atoms with Crippen LogP contribution in [-0.4, -0.2) is 12.6 Å². The third-order valence-electron chi connectivity index (χ3n) is 2.78. The van der Waals surface area contributed by atoms with E-state index >= 15 is 0 Å². The maximum Gasteiger partial charge on any atom is 0.338 e. The van der Waals surface area contributed by atoms with Gasteiger partial charge in [-0.1, -0.05) is 28.1 Å². The van der Waals surface area contributed by atoms with Crippen LogP contribution in [0.15, 0.2) is 53.0 Å². The standard InChI is InChI=1S/C16H16BrNO2/c1-2-20-16(19)13-6-8-15(9-7-13)18-11-12-4-3-5-14(17)10-12/h3-10,18H,2,11H2,1H3. The lowest BCUT2D eigenvalue weighted by molar-refractivity contribution is 0.0526. The highest BCUT2D eigenvalue weighted by Crippen LogP contribution is 2.15. The molecule has 0 spiro atoms. The van der Waals surface area contributed by atoms with Gasteiger partial charge < -0.3 is 10.1 Å². The lowest BCUT2D eigenvalue weighted by Crippen LogP contribution is -2.05. The lowest BCUT2D eigenvalue weighted by Gasteiger charge is -2.08. The number of rotatable bonds is 5. The number of halogens is 1. The van der Waals surface area contributed by atoms with E-state index in [-0.39, 0.29) is 5.97 Å². The molecule has 2 aromatic carbocycles. The van der Waals surface area contributed by atoms with Crippen molar-refractivity contribution in [1.82, 2.24) is 0 Å². The number of carbonyl (C=O) groups is 1. The van der Waals surface area contributed by atoms with E-state index in [0.29, 0.717) is 12.2 Å². The first kappa shape index (κ1) is 14.6. The molecular formula is C16H16BrNO2. The fourth-order valence-corrected chi connectivity index (χ4v) is 2.24. The molecule has 2 rings (SSSR count). The largest absolute Gasteiger partial charge is 0.462 e. The Kier molecular flexibility index (Phi) is 5.18. The van der Waals surface area contributed by atoms with Crippen molar-refractivity contribution in [2.45, 2.75) is 13.5 Å². The fourth-order valence-electron chi connectivity index (χ4n) is 1.79. The Hall–Kier alpha value is -1.81. The van der Waals surface area contributed by atoms with Crippen LogP contribution < -0.4 is 5.32 Å². The van der Waals surface area contributed by atoms with Crippen molar-refractivity contribution >= 4 is 27.6 Å². The lowest BCUT2D eigenvalue weighted by atomic mass is 10.2. The Labute approximate surface area is 127 Å². The molecule has 0 atom stereocenters. The molecule has 3 nitrogen and oxygen atoms in total. The van der Waals surface area contributed by atoms with E-state index in [1.54, 1.807) is 19.1 Å². The molecule has 0 saturated heterocycles. The van der Waals surface area contributed by atoms with Crippen LogP contribution in [0.5, 0.6) is 0 Å². The summed E-state index contributed by atoms with van der Waals surface area (Å²) in [6, 6.07) is 15.4. The number of ether oxygens (including phenoxy) is 1. The van der Waals surface area contributed by atoms with Crippen molar-refractivity contribution in [2.75, 3.05) is 11.9 Å². The number of carbonyl (C=O) groups excluding carboxylic acids is 1. The van der Waals surface area contributed by atoms with Gasteiger partial charge in [0.2, 0.25) is 0 Å². The summed E-state index contributed by atoms with van der Waals surface area (Å²) < 4.78 is 6.01. The van der Waals surface area contributed by atoms with Crippen LogP contribution in [0, 0.1) is 0 Å². The van der Waals surface area contributed by atoms with E-state index in [1.165, 1.54) is 5.56 Å². The van der Waals surface area contributed by atoms with Crippen LogP contribution in [-0.2, 0) is 11.3 Å². The summed E-state index contributed by atoms with van der Waals surface area (Å²) in [4.78, 5) is 11.5. The van der Waals surface area contributed by atoms with Crippen LogP contribution in [0.2, 0.25) is 0 Å². The van der Waals surface area contributed by atoms with Crippen LogP contribution in [0.3, 0.4) is 0 Å². The molecule has 0 saturated carbocycles. The van der Waals surface area contributed by atoms with Crippen molar-refractivity contribution in [3.05, 3.63) is 64.1 Å². The van der Waals surface area contributed by atoms with Crippen LogP contribution in [0.4, 0.5) is 5.69 Å². The maximum atomic E-state index is 11.5. The molecule has 2 aromatic rings. The summed E-state index contributed by atoms with van der Waals surface area (Å²) >= 11 is 3.45. The van der Waals surface area contributed by atoms with Gasteiger partial charge in [0, 0.05) is 16.7 Å². The molecule has 104 valence electrons. The van der Waals surface area contributed by atoms with Crippen LogP contribution in [0.25, 0.3) is 0 Å². The molecular weight excluding hydrogens is 318 g/mol. The minimum Gasteiger partial charge on any atom is -0.462 e. The zero-order chi connectivity index (χ0) is 14.4. The normalized spacial score (nSPS) is 10.1. The Morgan fingerprint density at radius 2 is 1.95 bits per heavy atom. The number of anilines is 1. The molecule has 0 fully saturated rings.